The number of amides is 1. The van der Waals surface area contributed by atoms with Crippen LogP contribution in [0.25, 0.3) is 0 Å². The van der Waals surface area contributed by atoms with E-state index in [0.29, 0.717) is 18.5 Å². The van der Waals surface area contributed by atoms with Crippen LogP contribution >= 0.6 is 0 Å². The molecule has 21 heavy (non-hydrogen) atoms. The summed E-state index contributed by atoms with van der Waals surface area (Å²) in [7, 11) is 0. The molecule has 0 bridgehead atoms. The zero-order chi connectivity index (χ0) is 15.2. The number of anilines is 1. The molecule has 0 aliphatic carbocycles. The average molecular weight is 286 g/mol. The molecule has 0 aliphatic heterocycles. The zero-order valence-electron chi connectivity index (χ0n) is 12.0. The van der Waals surface area contributed by atoms with Crippen molar-refractivity contribution < 1.29 is 9.18 Å². The van der Waals surface area contributed by atoms with Gasteiger partial charge in [-0.1, -0.05) is 24.3 Å². The van der Waals surface area contributed by atoms with E-state index in [4.69, 9.17) is 5.73 Å². The smallest absolute Gasteiger partial charge is 0.220 e. The summed E-state index contributed by atoms with van der Waals surface area (Å²) in [4.78, 5) is 11.9. The lowest BCUT2D eigenvalue weighted by Crippen LogP contribution is -2.26. The molecule has 4 heteroatoms. The lowest BCUT2D eigenvalue weighted by Gasteiger charge is -2.14. The summed E-state index contributed by atoms with van der Waals surface area (Å²) in [5.74, 6) is -0.312. The number of rotatable bonds is 5. The fraction of sp³-hybridized carbons (Fsp3) is 0.235. The molecule has 1 atom stereocenters. The van der Waals surface area contributed by atoms with Crippen molar-refractivity contribution in [3.63, 3.8) is 0 Å². The molecule has 0 aliphatic rings. The van der Waals surface area contributed by atoms with Gasteiger partial charge in [0.1, 0.15) is 5.82 Å². The monoisotopic (exact) mass is 286 g/mol. The summed E-state index contributed by atoms with van der Waals surface area (Å²) in [6.45, 7) is 1.88. The Morgan fingerprint density at radius 1 is 1.24 bits per heavy atom. The van der Waals surface area contributed by atoms with Crippen LogP contribution in [0.15, 0.2) is 48.5 Å². The van der Waals surface area contributed by atoms with Gasteiger partial charge >= 0.3 is 0 Å². The number of nitrogen functional groups attached to an aromatic ring is 1. The number of carbonyl (C=O) groups excluding carboxylic acids is 1. The predicted molar refractivity (Wildman–Crippen MR) is 82.1 cm³/mol. The number of halogens is 1. The second-order valence-corrected chi connectivity index (χ2v) is 5.09. The second-order valence-electron chi connectivity index (χ2n) is 5.09. The molecule has 3 N–H and O–H groups in total. The molecule has 0 saturated carbocycles. The highest BCUT2D eigenvalue weighted by atomic mass is 19.1. The Hall–Kier alpha value is -2.36. The van der Waals surface area contributed by atoms with Crippen LogP contribution in [0.1, 0.15) is 30.5 Å². The van der Waals surface area contributed by atoms with E-state index >= 15 is 0 Å². The topological polar surface area (TPSA) is 55.1 Å². The first-order chi connectivity index (χ1) is 10.0. The number of nitrogens with two attached hydrogens (primary N) is 1. The molecular formula is C17H19FN2O. The van der Waals surface area contributed by atoms with E-state index in [1.165, 1.54) is 12.1 Å². The normalized spacial score (nSPS) is 11.9. The molecule has 0 unspecified atom stereocenters. The van der Waals surface area contributed by atoms with E-state index in [2.05, 4.69) is 5.32 Å². The first-order valence-corrected chi connectivity index (χ1v) is 6.94. The van der Waals surface area contributed by atoms with Crippen LogP contribution in [-0.2, 0) is 11.2 Å². The number of aryl methyl sites for hydroxylation is 1. The average Bonchev–Trinajstić information content (AvgIpc) is 2.46. The molecule has 3 nitrogen and oxygen atoms in total. The molecule has 0 heterocycles. The van der Waals surface area contributed by atoms with Gasteiger partial charge in [-0.3, -0.25) is 4.79 Å². The fourth-order valence-corrected chi connectivity index (χ4v) is 2.15. The Balaban J connectivity index is 1.85. The largest absolute Gasteiger partial charge is 0.399 e. The van der Waals surface area contributed by atoms with Crippen LogP contribution in [0.3, 0.4) is 0 Å². The van der Waals surface area contributed by atoms with E-state index in [9.17, 15) is 9.18 Å². The zero-order valence-corrected chi connectivity index (χ0v) is 12.0. The Kier molecular flexibility index (Phi) is 4.93. The van der Waals surface area contributed by atoms with Gasteiger partial charge < -0.3 is 11.1 Å². The molecule has 0 aromatic heterocycles. The van der Waals surface area contributed by atoms with Crippen LogP contribution < -0.4 is 11.1 Å². The van der Waals surface area contributed by atoms with Crippen molar-refractivity contribution >= 4 is 11.6 Å². The number of hydrogen-bond acceptors (Lipinski definition) is 2. The van der Waals surface area contributed by atoms with E-state index < -0.39 is 0 Å². The van der Waals surface area contributed by atoms with Crippen LogP contribution in [-0.4, -0.2) is 5.91 Å². The molecule has 0 radical (unpaired) electrons. The molecule has 2 rings (SSSR count). The summed E-state index contributed by atoms with van der Waals surface area (Å²) < 4.78 is 12.9. The Bertz CT molecular complexity index is 610. The highest BCUT2D eigenvalue weighted by Crippen LogP contribution is 2.14. The summed E-state index contributed by atoms with van der Waals surface area (Å²) in [5.41, 5.74) is 8.33. The molecule has 2 aromatic carbocycles. The van der Waals surface area contributed by atoms with E-state index in [1.807, 2.05) is 31.2 Å². The van der Waals surface area contributed by atoms with Gasteiger partial charge in [0, 0.05) is 12.1 Å². The van der Waals surface area contributed by atoms with Crippen molar-refractivity contribution in [1.82, 2.24) is 5.32 Å². The van der Waals surface area contributed by atoms with Gasteiger partial charge in [-0.2, -0.15) is 0 Å². The van der Waals surface area contributed by atoms with E-state index in [1.54, 1.807) is 12.1 Å². The Morgan fingerprint density at radius 2 is 1.95 bits per heavy atom. The van der Waals surface area contributed by atoms with E-state index in [-0.39, 0.29) is 17.8 Å². The Labute approximate surface area is 124 Å². The van der Waals surface area contributed by atoms with Crippen LogP contribution in [0.5, 0.6) is 0 Å². The van der Waals surface area contributed by atoms with Gasteiger partial charge in [0.2, 0.25) is 5.91 Å². The molecule has 110 valence electrons. The molecule has 2 aromatic rings. The van der Waals surface area contributed by atoms with Gasteiger partial charge in [-0.05, 0) is 48.7 Å². The van der Waals surface area contributed by atoms with Crippen molar-refractivity contribution in [1.29, 1.82) is 0 Å². The third-order valence-corrected chi connectivity index (χ3v) is 3.34. The SMILES string of the molecule is C[C@H](NC(=O)CCc1cccc(N)c1)c1ccc(F)cc1. The maximum Gasteiger partial charge on any atom is 0.220 e. The fourth-order valence-electron chi connectivity index (χ4n) is 2.15. The highest BCUT2D eigenvalue weighted by molar-refractivity contribution is 5.76. The lowest BCUT2D eigenvalue weighted by atomic mass is 10.1. The highest BCUT2D eigenvalue weighted by Gasteiger charge is 2.09. The quantitative estimate of drug-likeness (QED) is 0.829. The van der Waals surface area contributed by atoms with Crippen molar-refractivity contribution in [2.45, 2.75) is 25.8 Å². The molecular weight excluding hydrogens is 267 g/mol. The summed E-state index contributed by atoms with van der Waals surface area (Å²) in [6, 6.07) is 13.5. The van der Waals surface area contributed by atoms with Crippen molar-refractivity contribution in [2.75, 3.05) is 5.73 Å². The molecule has 0 saturated heterocycles. The summed E-state index contributed by atoms with van der Waals surface area (Å²) in [6.07, 6.45) is 1.04. The number of nitrogens with one attached hydrogen (secondary N) is 1. The maximum absolute atomic E-state index is 12.9. The Morgan fingerprint density at radius 3 is 2.62 bits per heavy atom. The lowest BCUT2D eigenvalue weighted by molar-refractivity contribution is -0.121. The standard InChI is InChI=1S/C17H19FN2O/c1-12(14-6-8-15(18)9-7-14)20-17(21)10-5-13-3-2-4-16(19)11-13/h2-4,6-9,11-12H,5,10,19H2,1H3,(H,20,21)/t12-/m0/s1. The van der Waals surface area contributed by atoms with Crippen molar-refractivity contribution in [2.24, 2.45) is 0 Å². The van der Waals surface area contributed by atoms with Crippen LogP contribution in [0.2, 0.25) is 0 Å². The van der Waals surface area contributed by atoms with Gasteiger partial charge in [0.15, 0.2) is 0 Å². The first-order valence-electron chi connectivity index (χ1n) is 6.94. The van der Waals surface area contributed by atoms with Crippen molar-refractivity contribution in [3.8, 4) is 0 Å². The van der Waals surface area contributed by atoms with Gasteiger partial charge in [0.05, 0.1) is 6.04 Å². The number of benzene rings is 2. The minimum Gasteiger partial charge on any atom is -0.399 e. The maximum atomic E-state index is 12.9. The predicted octanol–water partition coefficient (Wildman–Crippen LogP) is 3.22. The van der Waals surface area contributed by atoms with Gasteiger partial charge in [-0.15, -0.1) is 0 Å². The third-order valence-electron chi connectivity index (χ3n) is 3.34. The van der Waals surface area contributed by atoms with Crippen LogP contribution in [0, 0.1) is 5.82 Å². The van der Waals surface area contributed by atoms with Crippen LogP contribution in [0.4, 0.5) is 10.1 Å². The number of carbonyl (C=O) groups is 1. The minimum atomic E-state index is -0.279. The molecule has 0 spiro atoms. The van der Waals surface area contributed by atoms with Gasteiger partial charge in [0.25, 0.3) is 0 Å². The first kappa shape index (κ1) is 15.0. The summed E-state index contributed by atoms with van der Waals surface area (Å²) in [5, 5.41) is 2.91. The third kappa shape index (κ3) is 4.60. The minimum absolute atomic E-state index is 0.0331. The summed E-state index contributed by atoms with van der Waals surface area (Å²) >= 11 is 0. The van der Waals surface area contributed by atoms with Crippen molar-refractivity contribution in [3.05, 3.63) is 65.5 Å². The van der Waals surface area contributed by atoms with Gasteiger partial charge in [-0.25, -0.2) is 4.39 Å². The second kappa shape index (κ2) is 6.88. The molecule has 1 amide bonds. The van der Waals surface area contributed by atoms with E-state index in [0.717, 1.165) is 11.1 Å². The number of hydrogen-bond donors (Lipinski definition) is 2. The molecule has 0 fully saturated rings.